The Morgan fingerprint density at radius 2 is 1.62 bits per heavy atom. The van der Waals surface area contributed by atoms with Crippen LogP contribution in [-0.4, -0.2) is 35.5 Å². The Hall–Kier alpha value is -0.120. The molecule has 0 aromatic carbocycles. The first-order valence-corrected chi connectivity index (χ1v) is 5.15. The van der Waals surface area contributed by atoms with Gasteiger partial charge in [0.15, 0.2) is 0 Å². The van der Waals surface area contributed by atoms with Crippen LogP contribution in [0.5, 0.6) is 0 Å². The van der Waals surface area contributed by atoms with Crippen molar-refractivity contribution in [2.75, 3.05) is 13.2 Å². The monoisotopic (exact) mass is 187 g/mol. The quantitative estimate of drug-likeness (QED) is 0.596. The van der Waals surface area contributed by atoms with Crippen LogP contribution in [0.1, 0.15) is 26.7 Å². The van der Waals surface area contributed by atoms with E-state index in [9.17, 15) is 0 Å². The first-order valence-electron chi connectivity index (χ1n) is 5.15. The molecule has 0 heterocycles. The van der Waals surface area contributed by atoms with Crippen molar-refractivity contribution in [1.29, 1.82) is 0 Å². The third kappa shape index (κ3) is 2.93. The van der Waals surface area contributed by atoms with Crippen molar-refractivity contribution in [3.63, 3.8) is 0 Å². The third-order valence-electron chi connectivity index (χ3n) is 2.88. The van der Waals surface area contributed by atoms with E-state index >= 15 is 0 Å². The summed E-state index contributed by atoms with van der Waals surface area (Å²) in [6, 6.07) is 0.969. The summed E-state index contributed by atoms with van der Waals surface area (Å²) >= 11 is 0. The Morgan fingerprint density at radius 3 is 1.92 bits per heavy atom. The second-order valence-electron chi connectivity index (χ2n) is 4.38. The molecule has 1 fully saturated rings. The summed E-state index contributed by atoms with van der Waals surface area (Å²) in [5, 5.41) is 21.6. The van der Waals surface area contributed by atoms with Gasteiger partial charge in [-0.1, -0.05) is 13.8 Å². The highest BCUT2D eigenvalue weighted by atomic mass is 16.3. The van der Waals surface area contributed by atoms with E-state index in [0.29, 0.717) is 23.9 Å². The van der Waals surface area contributed by atoms with E-state index in [0.717, 1.165) is 12.8 Å². The Labute approximate surface area is 80.2 Å². The lowest BCUT2D eigenvalue weighted by Gasteiger charge is -2.15. The highest BCUT2D eigenvalue weighted by Gasteiger charge is 2.33. The zero-order chi connectivity index (χ0) is 9.84. The van der Waals surface area contributed by atoms with Crippen LogP contribution in [0.3, 0.4) is 0 Å². The second kappa shape index (κ2) is 4.94. The molecule has 0 radical (unpaired) electrons. The maximum Gasteiger partial charge on any atom is 0.0463 e. The topological polar surface area (TPSA) is 52.5 Å². The Kier molecular flexibility index (Phi) is 4.16. The molecule has 3 nitrogen and oxygen atoms in total. The van der Waals surface area contributed by atoms with Gasteiger partial charge in [0.1, 0.15) is 0 Å². The summed E-state index contributed by atoms with van der Waals surface area (Å²) in [6.07, 6.45) is 2.00. The maximum atomic E-state index is 9.08. The van der Waals surface area contributed by atoms with Crippen LogP contribution in [0, 0.1) is 11.8 Å². The number of hydrogen-bond donors (Lipinski definition) is 3. The highest BCUT2D eigenvalue weighted by Crippen LogP contribution is 2.31. The van der Waals surface area contributed by atoms with Crippen LogP contribution in [-0.2, 0) is 0 Å². The first kappa shape index (κ1) is 11.0. The molecule has 0 aromatic heterocycles. The molecule has 0 unspecified atom stereocenters. The van der Waals surface area contributed by atoms with Crippen LogP contribution in [0.25, 0.3) is 0 Å². The normalized spacial score (nSPS) is 30.2. The van der Waals surface area contributed by atoms with E-state index in [1.54, 1.807) is 0 Å². The van der Waals surface area contributed by atoms with Gasteiger partial charge in [0.25, 0.3) is 0 Å². The smallest absolute Gasteiger partial charge is 0.0463 e. The SMILES string of the molecule is CC(C)NC1C[C@H](CO)[C@@H](CO)C1. The fourth-order valence-corrected chi connectivity index (χ4v) is 2.27. The van der Waals surface area contributed by atoms with Gasteiger partial charge in [0.05, 0.1) is 0 Å². The van der Waals surface area contributed by atoms with Crippen LogP contribution in [0.2, 0.25) is 0 Å². The Bertz CT molecular complexity index is 138. The summed E-state index contributed by atoms with van der Waals surface area (Å²) in [7, 11) is 0. The molecule has 2 atom stereocenters. The van der Waals surface area contributed by atoms with Gasteiger partial charge in [0, 0.05) is 25.3 Å². The number of aliphatic hydroxyl groups is 2. The van der Waals surface area contributed by atoms with Crippen molar-refractivity contribution < 1.29 is 10.2 Å². The van der Waals surface area contributed by atoms with Gasteiger partial charge in [-0.05, 0) is 24.7 Å². The average molecular weight is 187 g/mol. The van der Waals surface area contributed by atoms with Crippen molar-refractivity contribution >= 4 is 0 Å². The van der Waals surface area contributed by atoms with E-state index in [4.69, 9.17) is 10.2 Å². The van der Waals surface area contributed by atoms with Gasteiger partial charge in [-0.3, -0.25) is 0 Å². The highest BCUT2D eigenvalue weighted by molar-refractivity contribution is 4.87. The van der Waals surface area contributed by atoms with Crippen molar-refractivity contribution in [2.45, 2.75) is 38.8 Å². The first-order chi connectivity index (χ1) is 6.17. The van der Waals surface area contributed by atoms with Gasteiger partial charge in [-0.15, -0.1) is 0 Å². The summed E-state index contributed by atoms with van der Waals surface area (Å²) in [5.74, 6) is 0.586. The number of aliphatic hydroxyl groups excluding tert-OH is 2. The van der Waals surface area contributed by atoms with E-state index in [2.05, 4.69) is 19.2 Å². The summed E-state index contributed by atoms with van der Waals surface area (Å²) in [5.41, 5.74) is 0. The Morgan fingerprint density at radius 1 is 1.15 bits per heavy atom. The minimum absolute atomic E-state index is 0.210. The molecule has 0 aromatic rings. The van der Waals surface area contributed by atoms with Crippen LogP contribution < -0.4 is 5.32 Å². The second-order valence-corrected chi connectivity index (χ2v) is 4.38. The molecule has 0 aliphatic heterocycles. The molecule has 3 N–H and O–H groups in total. The molecule has 0 saturated heterocycles. The standard InChI is InChI=1S/C10H21NO2/c1-7(2)11-10-3-8(5-12)9(4-10)6-13/h7-13H,3-6H2,1-2H3/t8-,9-/m1/s1. The zero-order valence-electron chi connectivity index (χ0n) is 8.53. The number of nitrogens with one attached hydrogen (secondary N) is 1. The molecule has 1 saturated carbocycles. The minimum Gasteiger partial charge on any atom is -0.396 e. The zero-order valence-corrected chi connectivity index (χ0v) is 8.53. The van der Waals surface area contributed by atoms with Crippen molar-refractivity contribution in [3.05, 3.63) is 0 Å². The largest absolute Gasteiger partial charge is 0.396 e. The fourth-order valence-electron chi connectivity index (χ4n) is 2.27. The average Bonchev–Trinajstić information content (AvgIpc) is 2.45. The van der Waals surface area contributed by atoms with Crippen molar-refractivity contribution in [1.82, 2.24) is 5.32 Å². The molecule has 0 bridgehead atoms. The van der Waals surface area contributed by atoms with Gasteiger partial charge in [0.2, 0.25) is 0 Å². The molecule has 0 amide bonds. The molecule has 1 rings (SSSR count). The van der Waals surface area contributed by atoms with Crippen LogP contribution in [0.15, 0.2) is 0 Å². The van der Waals surface area contributed by atoms with Gasteiger partial charge >= 0.3 is 0 Å². The molecular weight excluding hydrogens is 166 g/mol. The lowest BCUT2D eigenvalue weighted by molar-refractivity contribution is 0.141. The third-order valence-corrected chi connectivity index (χ3v) is 2.88. The van der Waals surface area contributed by atoms with E-state index in [1.807, 2.05) is 0 Å². The molecule has 3 heteroatoms. The molecule has 78 valence electrons. The van der Waals surface area contributed by atoms with Gasteiger partial charge in [-0.25, -0.2) is 0 Å². The van der Waals surface area contributed by atoms with E-state index in [1.165, 1.54) is 0 Å². The fraction of sp³-hybridized carbons (Fsp3) is 1.00. The maximum absolute atomic E-state index is 9.08. The van der Waals surface area contributed by atoms with Crippen LogP contribution >= 0.6 is 0 Å². The number of rotatable bonds is 4. The lowest BCUT2D eigenvalue weighted by Crippen LogP contribution is -2.33. The predicted molar refractivity (Wildman–Crippen MR) is 52.4 cm³/mol. The molecule has 0 spiro atoms. The summed E-state index contributed by atoms with van der Waals surface area (Å²) < 4.78 is 0. The summed E-state index contributed by atoms with van der Waals surface area (Å²) in [6.45, 7) is 4.67. The minimum atomic E-state index is 0.210. The molecule has 1 aliphatic rings. The number of hydrogen-bond acceptors (Lipinski definition) is 3. The molecule has 1 aliphatic carbocycles. The Balaban J connectivity index is 2.38. The van der Waals surface area contributed by atoms with Crippen molar-refractivity contribution in [3.8, 4) is 0 Å². The van der Waals surface area contributed by atoms with Crippen LogP contribution in [0.4, 0.5) is 0 Å². The van der Waals surface area contributed by atoms with Gasteiger partial charge < -0.3 is 15.5 Å². The van der Waals surface area contributed by atoms with E-state index < -0.39 is 0 Å². The molecule has 13 heavy (non-hydrogen) atoms. The summed E-state index contributed by atoms with van der Waals surface area (Å²) in [4.78, 5) is 0. The molecular formula is C10H21NO2. The predicted octanol–water partition coefficient (Wildman–Crippen LogP) is 0.364. The lowest BCUT2D eigenvalue weighted by atomic mass is 9.98. The van der Waals surface area contributed by atoms with Gasteiger partial charge in [-0.2, -0.15) is 0 Å². The van der Waals surface area contributed by atoms with Crippen molar-refractivity contribution in [2.24, 2.45) is 11.8 Å². The van der Waals surface area contributed by atoms with E-state index in [-0.39, 0.29) is 13.2 Å².